The van der Waals surface area contributed by atoms with Gasteiger partial charge in [0.1, 0.15) is 11.5 Å². The van der Waals surface area contributed by atoms with Crippen molar-refractivity contribution >= 4 is 17.5 Å². The molecule has 0 bridgehead atoms. The number of ether oxygens (including phenoxy) is 2. The molecule has 0 aliphatic carbocycles. The van der Waals surface area contributed by atoms with Gasteiger partial charge >= 0.3 is 0 Å². The zero-order chi connectivity index (χ0) is 20.1. The molecule has 1 aliphatic heterocycles. The van der Waals surface area contributed by atoms with Gasteiger partial charge in [-0.25, -0.2) is 5.48 Å². The van der Waals surface area contributed by atoms with Gasteiger partial charge in [-0.3, -0.25) is 14.4 Å². The lowest BCUT2D eigenvalue weighted by Gasteiger charge is -2.40. The van der Waals surface area contributed by atoms with E-state index in [-0.39, 0.29) is 18.2 Å². The summed E-state index contributed by atoms with van der Waals surface area (Å²) in [5.74, 6) is 0.664. The van der Waals surface area contributed by atoms with Crippen molar-refractivity contribution in [1.82, 2.24) is 5.48 Å². The minimum Gasteiger partial charge on any atom is -0.497 e. The predicted molar refractivity (Wildman–Crippen MR) is 104 cm³/mol. The van der Waals surface area contributed by atoms with Gasteiger partial charge < -0.3 is 14.4 Å². The third kappa shape index (κ3) is 3.94. The zero-order valence-corrected chi connectivity index (χ0v) is 16.2. The molecule has 7 nitrogen and oxygen atoms in total. The first-order valence-electron chi connectivity index (χ1n) is 9.02. The SMILES string of the molecule is CONC(=O)[C@@H]1CCC(=O)N(c2ccc(OC)cc2)[C@H]1c1ccc(OC)cc1. The van der Waals surface area contributed by atoms with Crippen molar-refractivity contribution in [2.24, 2.45) is 5.92 Å². The van der Waals surface area contributed by atoms with Crippen LogP contribution in [0.1, 0.15) is 24.4 Å². The van der Waals surface area contributed by atoms with E-state index < -0.39 is 12.0 Å². The van der Waals surface area contributed by atoms with Crippen LogP contribution in [0.25, 0.3) is 0 Å². The Kier molecular flexibility index (Phi) is 6.16. The van der Waals surface area contributed by atoms with Crippen molar-refractivity contribution in [3.05, 3.63) is 54.1 Å². The Labute approximate surface area is 164 Å². The average Bonchev–Trinajstić information content (AvgIpc) is 2.74. The van der Waals surface area contributed by atoms with Crippen LogP contribution in [0.2, 0.25) is 0 Å². The maximum atomic E-state index is 12.9. The van der Waals surface area contributed by atoms with E-state index in [1.165, 1.54) is 7.11 Å². The minimum atomic E-state index is -0.462. The van der Waals surface area contributed by atoms with E-state index in [2.05, 4.69) is 5.48 Å². The van der Waals surface area contributed by atoms with Crippen molar-refractivity contribution in [2.45, 2.75) is 18.9 Å². The lowest BCUT2D eigenvalue weighted by molar-refractivity contribution is -0.138. The Morgan fingerprint density at radius 3 is 2.07 bits per heavy atom. The summed E-state index contributed by atoms with van der Waals surface area (Å²) >= 11 is 0. The van der Waals surface area contributed by atoms with E-state index in [0.29, 0.717) is 23.6 Å². The average molecular weight is 384 g/mol. The second-order valence-corrected chi connectivity index (χ2v) is 6.50. The van der Waals surface area contributed by atoms with Gasteiger partial charge in [0.15, 0.2) is 0 Å². The molecule has 1 fully saturated rings. The lowest BCUT2D eigenvalue weighted by atomic mass is 9.83. The summed E-state index contributed by atoms with van der Waals surface area (Å²) in [7, 11) is 4.58. The molecule has 0 aromatic heterocycles. The van der Waals surface area contributed by atoms with Crippen molar-refractivity contribution in [3.63, 3.8) is 0 Å². The van der Waals surface area contributed by atoms with Gasteiger partial charge in [-0.05, 0) is 48.4 Å². The molecule has 2 aromatic rings. The van der Waals surface area contributed by atoms with Crippen LogP contribution >= 0.6 is 0 Å². The van der Waals surface area contributed by atoms with Gasteiger partial charge in [-0.15, -0.1) is 0 Å². The summed E-state index contributed by atoms with van der Waals surface area (Å²) in [5.41, 5.74) is 3.98. The van der Waals surface area contributed by atoms with Gasteiger partial charge in [0.2, 0.25) is 11.8 Å². The number of carbonyl (C=O) groups is 2. The number of piperidine rings is 1. The number of carbonyl (C=O) groups excluding carboxylic acids is 2. The normalized spacial score (nSPS) is 19.2. The molecule has 1 saturated heterocycles. The fourth-order valence-electron chi connectivity index (χ4n) is 3.57. The first kappa shape index (κ1) is 19.7. The molecule has 0 spiro atoms. The molecule has 2 atom stereocenters. The Balaban J connectivity index is 2.05. The molecule has 1 heterocycles. The first-order valence-corrected chi connectivity index (χ1v) is 9.02. The van der Waals surface area contributed by atoms with Crippen LogP contribution in [0.15, 0.2) is 48.5 Å². The standard InChI is InChI=1S/C21H24N2O5/c1-26-16-8-4-14(5-9-16)20-18(21(25)22-28-3)12-13-19(24)23(20)15-6-10-17(27-2)11-7-15/h4-11,18,20H,12-13H2,1-3H3,(H,22,25)/t18-,20+/m1/s1. The van der Waals surface area contributed by atoms with Gasteiger partial charge in [0, 0.05) is 12.1 Å². The number of hydrogen-bond donors (Lipinski definition) is 1. The Hall–Kier alpha value is -3.06. The number of nitrogens with zero attached hydrogens (tertiary/aromatic N) is 1. The minimum absolute atomic E-state index is 0.0348. The second kappa shape index (κ2) is 8.75. The number of nitrogens with one attached hydrogen (secondary N) is 1. The van der Waals surface area contributed by atoms with Crippen molar-refractivity contribution in [1.29, 1.82) is 0 Å². The largest absolute Gasteiger partial charge is 0.497 e. The highest BCUT2D eigenvalue weighted by molar-refractivity contribution is 5.97. The van der Waals surface area contributed by atoms with Crippen LogP contribution in [0.3, 0.4) is 0 Å². The molecule has 2 aromatic carbocycles. The third-order valence-electron chi connectivity index (χ3n) is 4.94. The molecule has 0 saturated carbocycles. The maximum Gasteiger partial charge on any atom is 0.249 e. The Bertz CT molecular complexity index is 820. The van der Waals surface area contributed by atoms with E-state index >= 15 is 0 Å². The quantitative estimate of drug-likeness (QED) is 0.775. The zero-order valence-electron chi connectivity index (χ0n) is 16.2. The topological polar surface area (TPSA) is 77.1 Å². The van der Waals surface area contributed by atoms with Crippen LogP contribution < -0.4 is 19.9 Å². The van der Waals surface area contributed by atoms with E-state index in [4.69, 9.17) is 14.3 Å². The summed E-state index contributed by atoms with van der Waals surface area (Å²) < 4.78 is 10.4. The number of amides is 2. The number of rotatable bonds is 6. The first-order chi connectivity index (χ1) is 13.6. The number of hydroxylamine groups is 1. The van der Waals surface area contributed by atoms with Crippen LogP contribution in [0.5, 0.6) is 11.5 Å². The van der Waals surface area contributed by atoms with Gasteiger partial charge in [0.05, 0.1) is 33.3 Å². The summed E-state index contributed by atoms with van der Waals surface area (Å²) in [6, 6.07) is 14.2. The van der Waals surface area contributed by atoms with Gasteiger partial charge in [-0.1, -0.05) is 12.1 Å². The number of anilines is 1. The molecule has 148 valence electrons. The maximum absolute atomic E-state index is 12.9. The second-order valence-electron chi connectivity index (χ2n) is 6.50. The number of benzene rings is 2. The van der Waals surface area contributed by atoms with Crippen LogP contribution in [-0.2, 0) is 14.4 Å². The van der Waals surface area contributed by atoms with E-state index in [9.17, 15) is 9.59 Å². The highest BCUT2D eigenvalue weighted by Crippen LogP contribution is 2.40. The molecule has 2 amide bonds. The summed E-state index contributed by atoms with van der Waals surface area (Å²) in [6.45, 7) is 0. The van der Waals surface area contributed by atoms with Crippen molar-refractivity contribution < 1.29 is 23.9 Å². The molecular formula is C21H24N2O5. The summed E-state index contributed by atoms with van der Waals surface area (Å²) in [5, 5.41) is 0. The molecule has 1 aliphatic rings. The van der Waals surface area contributed by atoms with Crippen LogP contribution in [-0.4, -0.2) is 33.1 Å². The number of methoxy groups -OCH3 is 2. The van der Waals surface area contributed by atoms with E-state index in [0.717, 1.165) is 5.56 Å². The molecule has 28 heavy (non-hydrogen) atoms. The Morgan fingerprint density at radius 1 is 0.964 bits per heavy atom. The highest BCUT2D eigenvalue weighted by atomic mass is 16.6. The monoisotopic (exact) mass is 384 g/mol. The predicted octanol–water partition coefficient (Wildman–Crippen LogP) is 2.87. The molecule has 3 rings (SSSR count). The van der Waals surface area contributed by atoms with E-state index in [1.54, 1.807) is 31.3 Å². The fourth-order valence-corrected chi connectivity index (χ4v) is 3.57. The third-order valence-corrected chi connectivity index (χ3v) is 4.94. The summed E-state index contributed by atoms with van der Waals surface area (Å²) in [6.07, 6.45) is 0.720. The smallest absolute Gasteiger partial charge is 0.249 e. The number of hydrogen-bond acceptors (Lipinski definition) is 5. The highest BCUT2D eigenvalue weighted by Gasteiger charge is 2.41. The molecule has 7 heteroatoms. The molecule has 0 radical (unpaired) electrons. The molecule has 1 N–H and O–H groups in total. The summed E-state index contributed by atoms with van der Waals surface area (Å²) in [4.78, 5) is 32.1. The lowest BCUT2D eigenvalue weighted by Crippen LogP contribution is -2.48. The van der Waals surface area contributed by atoms with Gasteiger partial charge in [0.25, 0.3) is 0 Å². The van der Waals surface area contributed by atoms with Gasteiger partial charge in [-0.2, -0.15) is 0 Å². The Morgan fingerprint density at radius 2 is 1.54 bits per heavy atom. The fraction of sp³-hybridized carbons (Fsp3) is 0.333. The van der Waals surface area contributed by atoms with Crippen LogP contribution in [0, 0.1) is 5.92 Å². The molecular weight excluding hydrogens is 360 g/mol. The molecule has 0 unspecified atom stereocenters. The van der Waals surface area contributed by atoms with Crippen molar-refractivity contribution in [2.75, 3.05) is 26.2 Å². The van der Waals surface area contributed by atoms with E-state index in [1.807, 2.05) is 36.4 Å². The van der Waals surface area contributed by atoms with Crippen LogP contribution in [0.4, 0.5) is 5.69 Å². The van der Waals surface area contributed by atoms with Crippen molar-refractivity contribution in [3.8, 4) is 11.5 Å².